The van der Waals surface area contributed by atoms with Gasteiger partial charge < -0.3 is 15.3 Å². The molecule has 0 bridgehead atoms. The van der Waals surface area contributed by atoms with E-state index < -0.39 is 0 Å². The van der Waals surface area contributed by atoms with E-state index in [1.165, 1.54) is 60.2 Å². The lowest BCUT2D eigenvalue weighted by Crippen LogP contribution is -2.13. The van der Waals surface area contributed by atoms with E-state index in [0.29, 0.717) is 12.0 Å². The van der Waals surface area contributed by atoms with Crippen molar-refractivity contribution in [1.82, 2.24) is 25.3 Å². The molecule has 0 unspecified atom stereocenters. The molecule has 0 spiro atoms. The fourth-order valence-electron chi connectivity index (χ4n) is 5.75. The van der Waals surface area contributed by atoms with Gasteiger partial charge in [-0.2, -0.15) is 0 Å². The van der Waals surface area contributed by atoms with Crippen molar-refractivity contribution in [3.63, 3.8) is 0 Å². The van der Waals surface area contributed by atoms with E-state index in [-0.39, 0.29) is 0 Å². The summed E-state index contributed by atoms with van der Waals surface area (Å²) in [6.45, 7) is 1.08. The van der Waals surface area contributed by atoms with Crippen LogP contribution in [-0.4, -0.2) is 26.5 Å². The third kappa shape index (κ3) is 3.51. The fraction of sp³-hybridized carbons (Fsp3) is 0.310. The first-order valence-corrected chi connectivity index (χ1v) is 12.6. The Kier molecular flexibility index (Phi) is 4.76. The summed E-state index contributed by atoms with van der Waals surface area (Å²) in [7, 11) is 0. The van der Waals surface area contributed by atoms with Crippen LogP contribution in [0.25, 0.3) is 44.3 Å². The highest BCUT2D eigenvalue weighted by molar-refractivity contribution is 5.84. The van der Waals surface area contributed by atoms with Crippen molar-refractivity contribution in [1.29, 1.82) is 0 Å². The Labute approximate surface area is 199 Å². The van der Waals surface area contributed by atoms with Gasteiger partial charge in [0.25, 0.3) is 0 Å². The number of aromatic nitrogens is 4. The van der Waals surface area contributed by atoms with E-state index in [9.17, 15) is 0 Å². The lowest BCUT2D eigenvalue weighted by molar-refractivity contribution is 0.614. The first kappa shape index (κ1) is 20.0. The number of aromatic amines is 2. The Morgan fingerprint density at radius 2 is 1.15 bits per heavy atom. The van der Waals surface area contributed by atoms with Crippen molar-refractivity contribution in [3.05, 3.63) is 72.3 Å². The monoisotopic (exact) mass is 447 g/mol. The highest BCUT2D eigenvalue weighted by atomic mass is 15.0. The van der Waals surface area contributed by atoms with Gasteiger partial charge in [-0.05, 0) is 78.7 Å². The Balaban J connectivity index is 1.16. The Hall–Kier alpha value is -3.44. The Morgan fingerprint density at radius 3 is 1.74 bits per heavy atom. The molecular weight excluding hydrogens is 418 g/mol. The number of hydrogen-bond acceptors (Lipinski definition) is 3. The van der Waals surface area contributed by atoms with E-state index in [1.807, 2.05) is 0 Å². The number of benzene rings is 3. The molecule has 2 aromatic heterocycles. The molecule has 2 fully saturated rings. The first-order chi connectivity index (χ1) is 16.8. The minimum atomic E-state index is 0.358. The molecule has 3 aromatic carbocycles. The molecule has 5 aromatic rings. The van der Waals surface area contributed by atoms with Gasteiger partial charge in [-0.3, -0.25) is 0 Å². The van der Waals surface area contributed by atoms with Gasteiger partial charge in [0.15, 0.2) is 0 Å². The van der Waals surface area contributed by atoms with Crippen molar-refractivity contribution < 1.29 is 0 Å². The van der Waals surface area contributed by atoms with E-state index in [0.717, 1.165) is 40.9 Å². The SMILES string of the molecule is c1cc(-c2ccc3nc([C@@H]4CCCN4)[nH]c3c2)ccc1-c1ccc2nc(C3CCCC3)[nH]c2c1. The average Bonchev–Trinajstić information content (AvgIpc) is 3.69. The number of imidazole rings is 2. The van der Waals surface area contributed by atoms with E-state index in [1.54, 1.807) is 0 Å². The van der Waals surface area contributed by atoms with Gasteiger partial charge in [-0.1, -0.05) is 49.2 Å². The van der Waals surface area contributed by atoms with Crippen LogP contribution >= 0.6 is 0 Å². The van der Waals surface area contributed by atoms with Crippen molar-refractivity contribution >= 4 is 22.1 Å². The highest BCUT2D eigenvalue weighted by Gasteiger charge is 2.21. The van der Waals surface area contributed by atoms with Crippen LogP contribution in [0.4, 0.5) is 0 Å². The van der Waals surface area contributed by atoms with E-state index in [2.05, 4.69) is 75.9 Å². The lowest BCUT2D eigenvalue weighted by Gasteiger charge is -2.06. The average molecular weight is 448 g/mol. The molecule has 34 heavy (non-hydrogen) atoms. The van der Waals surface area contributed by atoms with Crippen LogP contribution in [0.3, 0.4) is 0 Å². The maximum atomic E-state index is 4.87. The van der Waals surface area contributed by atoms with Crippen LogP contribution in [-0.2, 0) is 0 Å². The number of rotatable bonds is 4. The molecule has 3 heterocycles. The number of nitrogens with zero attached hydrogens (tertiary/aromatic N) is 2. The molecule has 0 radical (unpaired) electrons. The molecule has 5 heteroatoms. The van der Waals surface area contributed by atoms with E-state index in [4.69, 9.17) is 9.97 Å². The van der Waals surface area contributed by atoms with Gasteiger partial charge in [0.2, 0.25) is 0 Å². The molecule has 1 saturated carbocycles. The van der Waals surface area contributed by atoms with Crippen LogP contribution in [0.1, 0.15) is 62.1 Å². The summed E-state index contributed by atoms with van der Waals surface area (Å²) in [5, 5.41) is 3.53. The van der Waals surface area contributed by atoms with Crippen LogP contribution < -0.4 is 5.32 Å². The Bertz CT molecular complexity index is 1350. The molecule has 1 saturated heterocycles. The summed E-state index contributed by atoms with van der Waals surface area (Å²) < 4.78 is 0. The molecule has 0 amide bonds. The van der Waals surface area contributed by atoms with Gasteiger partial charge in [0.1, 0.15) is 11.6 Å². The normalized spacial score (nSPS) is 19.0. The summed E-state index contributed by atoms with van der Waals surface area (Å²) in [4.78, 5) is 16.8. The quantitative estimate of drug-likeness (QED) is 0.282. The van der Waals surface area contributed by atoms with Gasteiger partial charge in [0.05, 0.1) is 28.1 Å². The molecule has 1 atom stereocenters. The van der Waals surface area contributed by atoms with Crippen molar-refractivity contribution in [2.45, 2.75) is 50.5 Å². The molecule has 3 N–H and O–H groups in total. The van der Waals surface area contributed by atoms with E-state index >= 15 is 0 Å². The number of fused-ring (bicyclic) bond motifs is 2. The molecule has 170 valence electrons. The molecule has 5 nitrogen and oxygen atoms in total. The minimum Gasteiger partial charge on any atom is -0.342 e. The predicted molar refractivity (Wildman–Crippen MR) is 138 cm³/mol. The summed E-state index contributed by atoms with van der Waals surface area (Å²) in [5.74, 6) is 2.83. The second-order valence-electron chi connectivity index (χ2n) is 9.92. The van der Waals surface area contributed by atoms with Crippen molar-refractivity contribution in [2.75, 3.05) is 6.54 Å². The minimum absolute atomic E-state index is 0.358. The summed E-state index contributed by atoms with van der Waals surface area (Å²) in [6, 6.07) is 22.3. The number of nitrogens with one attached hydrogen (secondary N) is 3. The number of H-pyrrole nitrogens is 2. The zero-order valence-corrected chi connectivity index (χ0v) is 19.3. The molecule has 2 aliphatic rings. The predicted octanol–water partition coefficient (Wildman–Crippen LogP) is 6.86. The van der Waals surface area contributed by atoms with Gasteiger partial charge in [0, 0.05) is 5.92 Å². The van der Waals surface area contributed by atoms with Gasteiger partial charge in [-0.25, -0.2) is 9.97 Å². The van der Waals surface area contributed by atoms with Gasteiger partial charge in [-0.15, -0.1) is 0 Å². The molecule has 7 rings (SSSR count). The second kappa shape index (κ2) is 8.10. The van der Waals surface area contributed by atoms with Crippen LogP contribution in [0.2, 0.25) is 0 Å². The molecule has 1 aliphatic heterocycles. The summed E-state index contributed by atoms with van der Waals surface area (Å²) >= 11 is 0. The standard InChI is InChI=1S/C29H29N5/c1-2-5-20(4-1)28-31-23-13-11-21(16-26(23)33-28)18-7-9-19(10-8-18)22-12-14-24-27(17-22)34-29(32-24)25-6-3-15-30-25/h7-14,16-17,20,25,30H,1-6,15H2,(H,31,33)(H,32,34)/t25-/m0/s1. The van der Waals surface area contributed by atoms with Crippen molar-refractivity contribution in [3.8, 4) is 22.3 Å². The molecule has 1 aliphatic carbocycles. The van der Waals surface area contributed by atoms with Crippen LogP contribution in [0.5, 0.6) is 0 Å². The van der Waals surface area contributed by atoms with Crippen molar-refractivity contribution in [2.24, 2.45) is 0 Å². The van der Waals surface area contributed by atoms with Gasteiger partial charge >= 0.3 is 0 Å². The third-order valence-corrected chi connectivity index (χ3v) is 7.68. The van der Waals surface area contributed by atoms with Crippen LogP contribution in [0.15, 0.2) is 60.7 Å². The Morgan fingerprint density at radius 1 is 0.588 bits per heavy atom. The largest absolute Gasteiger partial charge is 0.342 e. The maximum absolute atomic E-state index is 4.87. The smallest absolute Gasteiger partial charge is 0.124 e. The topological polar surface area (TPSA) is 69.4 Å². The maximum Gasteiger partial charge on any atom is 0.124 e. The highest BCUT2D eigenvalue weighted by Crippen LogP contribution is 2.34. The zero-order valence-electron chi connectivity index (χ0n) is 19.3. The zero-order chi connectivity index (χ0) is 22.5. The fourth-order valence-corrected chi connectivity index (χ4v) is 5.75. The third-order valence-electron chi connectivity index (χ3n) is 7.68. The summed E-state index contributed by atoms with van der Waals surface area (Å²) in [6.07, 6.45) is 7.54. The summed E-state index contributed by atoms with van der Waals surface area (Å²) in [5.41, 5.74) is 9.22. The second-order valence-corrected chi connectivity index (χ2v) is 9.92. The van der Waals surface area contributed by atoms with Crippen LogP contribution in [0, 0.1) is 0 Å². The molecular formula is C29H29N5. The number of hydrogen-bond donors (Lipinski definition) is 3. The lowest BCUT2D eigenvalue weighted by atomic mass is 10.00. The first-order valence-electron chi connectivity index (χ1n) is 12.6.